The average molecular weight is 378 g/mol. The molecule has 0 atom stereocenters. The molecule has 0 aromatic carbocycles. The van der Waals surface area contributed by atoms with Crippen molar-refractivity contribution in [2.75, 3.05) is 32.8 Å². The molecule has 1 aromatic heterocycles. The summed E-state index contributed by atoms with van der Waals surface area (Å²) in [5.74, 6) is 1.10. The maximum Gasteiger partial charge on any atom is 0.317 e. The quantitative estimate of drug-likeness (QED) is 0.799. The first-order valence-corrected chi connectivity index (χ1v) is 10.4. The highest BCUT2D eigenvalue weighted by Gasteiger charge is 2.40. The van der Waals surface area contributed by atoms with Gasteiger partial charge in [-0.2, -0.15) is 0 Å². The molecule has 1 spiro atoms. The number of hydrogen-bond acceptors (Lipinski definition) is 4. The molecule has 152 valence electrons. The number of H-pyrrole nitrogens is 1. The molecule has 2 fully saturated rings. The normalized spacial score (nSPS) is 20.4. The van der Waals surface area contributed by atoms with Gasteiger partial charge in [0.05, 0.1) is 12.2 Å². The van der Waals surface area contributed by atoms with Gasteiger partial charge in [-0.1, -0.05) is 13.3 Å². The van der Waals surface area contributed by atoms with Crippen LogP contribution in [-0.4, -0.2) is 70.2 Å². The molecular weight excluding hydrogens is 342 g/mol. The molecular formula is C20H35N5O2. The molecule has 2 saturated heterocycles. The van der Waals surface area contributed by atoms with Gasteiger partial charge in [-0.15, -0.1) is 0 Å². The summed E-state index contributed by atoms with van der Waals surface area (Å²) >= 11 is 0. The third-order valence-electron chi connectivity index (χ3n) is 5.54. The zero-order valence-corrected chi connectivity index (χ0v) is 17.1. The van der Waals surface area contributed by atoms with E-state index < -0.39 is 0 Å². The summed E-state index contributed by atoms with van der Waals surface area (Å²) in [4.78, 5) is 24.6. The summed E-state index contributed by atoms with van der Waals surface area (Å²) in [6.45, 7) is 11.2. The Morgan fingerprint density at radius 2 is 2.15 bits per heavy atom. The van der Waals surface area contributed by atoms with Crippen LogP contribution in [0.2, 0.25) is 0 Å². The Kier molecular flexibility index (Phi) is 6.76. The fraction of sp³-hybridized carbons (Fsp3) is 0.800. The van der Waals surface area contributed by atoms with Gasteiger partial charge >= 0.3 is 6.03 Å². The van der Waals surface area contributed by atoms with Crippen molar-refractivity contribution in [3.63, 3.8) is 0 Å². The number of aromatic nitrogens is 2. The van der Waals surface area contributed by atoms with Crippen LogP contribution in [0.1, 0.15) is 58.0 Å². The van der Waals surface area contributed by atoms with E-state index in [0.29, 0.717) is 0 Å². The zero-order valence-electron chi connectivity index (χ0n) is 17.1. The average Bonchev–Trinajstić information content (AvgIpc) is 3.07. The summed E-state index contributed by atoms with van der Waals surface area (Å²) in [6, 6.07) is 0.219. The smallest absolute Gasteiger partial charge is 0.317 e. The second-order valence-corrected chi connectivity index (χ2v) is 8.29. The number of nitrogens with one attached hydrogen (secondary N) is 2. The molecule has 0 unspecified atom stereocenters. The number of aryl methyl sites for hydroxylation is 1. The van der Waals surface area contributed by atoms with Gasteiger partial charge < -0.3 is 19.9 Å². The minimum absolute atomic E-state index is 0.0459. The highest BCUT2D eigenvalue weighted by atomic mass is 16.5. The van der Waals surface area contributed by atoms with E-state index in [1.165, 1.54) is 18.5 Å². The number of aromatic amines is 1. The van der Waals surface area contributed by atoms with Gasteiger partial charge in [0.15, 0.2) is 0 Å². The first-order valence-electron chi connectivity index (χ1n) is 10.4. The lowest BCUT2D eigenvalue weighted by Gasteiger charge is -2.47. The van der Waals surface area contributed by atoms with E-state index in [-0.39, 0.29) is 17.7 Å². The summed E-state index contributed by atoms with van der Waals surface area (Å²) < 4.78 is 6.22. The van der Waals surface area contributed by atoms with E-state index in [0.717, 1.165) is 64.4 Å². The maximum atomic E-state index is 12.2. The molecule has 7 heteroatoms. The number of hydrogen-bond donors (Lipinski definition) is 2. The molecule has 0 radical (unpaired) electrons. The first-order chi connectivity index (χ1) is 13.0. The number of piperidine rings is 1. The maximum absolute atomic E-state index is 12.2. The number of morpholine rings is 1. The number of nitrogens with zero attached hydrogens (tertiary/aromatic N) is 3. The van der Waals surface area contributed by atoms with Gasteiger partial charge in [0.1, 0.15) is 5.82 Å². The lowest BCUT2D eigenvalue weighted by Crippen LogP contribution is -2.58. The van der Waals surface area contributed by atoms with Gasteiger partial charge in [-0.05, 0) is 33.1 Å². The van der Waals surface area contributed by atoms with Crippen LogP contribution in [0, 0.1) is 0 Å². The van der Waals surface area contributed by atoms with Crippen LogP contribution in [0.3, 0.4) is 0 Å². The number of amides is 2. The van der Waals surface area contributed by atoms with Crippen molar-refractivity contribution >= 4 is 6.03 Å². The fourth-order valence-corrected chi connectivity index (χ4v) is 4.01. The van der Waals surface area contributed by atoms with Crippen molar-refractivity contribution in [3.05, 3.63) is 17.7 Å². The number of rotatable bonds is 6. The molecule has 0 aliphatic carbocycles. The Balaban J connectivity index is 1.51. The molecule has 2 amide bonds. The number of likely N-dealkylation sites (tertiary alicyclic amines) is 1. The number of urea groups is 1. The SMILES string of the molecule is CCCCc1ncc(CN2CCOC3(CCN(C(=O)NC(C)C)CC3)C2)[nH]1. The Morgan fingerprint density at radius 1 is 1.37 bits per heavy atom. The van der Waals surface area contributed by atoms with E-state index in [4.69, 9.17) is 4.74 Å². The highest BCUT2D eigenvalue weighted by molar-refractivity contribution is 5.74. The molecule has 27 heavy (non-hydrogen) atoms. The number of carbonyl (C=O) groups excluding carboxylic acids is 1. The minimum Gasteiger partial charge on any atom is -0.372 e. The fourth-order valence-electron chi connectivity index (χ4n) is 4.01. The number of imidazole rings is 1. The van der Waals surface area contributed by atoms with E-state index in [9.17, 15) is 4.79 Å². The van der Waals surface area contributed by atoms with Gasteiger partial charge in [-0.3, -0.25) is 4.90 Å². The van der Waals surface area contributed by atoms with Crippen LogP contribution in [-0.2, 0) is 17.7 Å². The van der Waals surface area contributed by atoms with Crippen LogP contribution >= 0.6 is 0 Å². The van der Waals surface area contributed by atoms with Crippen molar-refractivity contribution in [1.82, 2.24) is 25.1 Å². The number of carbonyl (C=O) groups is 1. The second-order valence-electron chi connectivity index (χ2n) is 8.29. The van der Waals surface area contributed by atoms with Crippen LogP contribution in [0.15, 0.2) is 6.20 Å². The van der Waals surface area contributed by atoms with Gasteiger partial charge in [0.2, 0.25) is 0 Å². The van der Waals surface area contributed by atoms with Crippen molar-refractivity contribution in [3.8, 4) is 0 Å². The lowest BCUT2D eigenvalue weighted by atomic mass is 9.89. The minimum atomic E-state index is -0.113. The largest absolute Gasteiger partial charge is 0.372 e. The van der Waals surface area contributed by atoms with Crippen LogP contribution < -0.4 is 5.32 Å². The molecule has 0 bridgehead atoms. The molecule has 3 heterocycles. The third-order valence-corrected chi connectivity index (χ3v) is 5.54. The second kappa shape index (κ2) is 9.06. The molecule has 2 N–H and O–H groups in total. The highest BCUT2D eigenvalue weighted by Crippen LogP contribution is 2.30. The zero-order chi connectivity index (χ0) is 19.3. The van der Waals surface area contributed by atoms with Crippen molar-refractivity contribution in [1.29, 1.82) is 0 Å². The lowest BCUT2D eigenvalue weighted by molar-refractivity contribution is -0.134. The predicted molar refractivity (Wildman–Crippen MR) is 106 cm³/mol. The van der Waals surface area contributed by atoms with Crippen molar-refractivity contribution in [2.45, 2.75) is 71.1 Å². The van der Waals surface area contributed by atoms with Gasteiger partial charge in [-0.25, -0.2) is 9.78 Å². The van der Waals surface area contributed by atoms with E-state index in [1.54, 1.807) is 0 Å². The number of unbranched alkanes of at least 4 members (excludes halogenated alkanes) is 1. The molecule has 2 aliphatic heterocycles. The van der Waals surface area contributed by atoms with Crippen LogP contribution in [0.5, 0.6) is 0 Å². The Bertz CT molecular complexity index is 607. The summed E-state index contributed by atoms with van der Waals surface area (Å²) in [5, 5.41) is 2.99. The summed E-state index contributed by atoms with van der Waals surface area (Å²) in [6.07, 6.45) is 7.17. The van der Waals surface area contributed by atoms with E-state index >= 15 is 0 Å². The first kappa shape index (κ1) is 20.1. The van der Waals surface area contributed by atoms with Crippen LogP contribution in [0.25, 0.3) is 0 Å². The monoisotopic (exact) mass is 377 g/mol. The molecule has 3 rings (SSSR count). The van der Waals surface area contributed by atoms with Gasteiger partial charge in [0.25, 0.3) is 0 Å². The molecule has 7 nitrogen and oxygen atoms in total. The van der Waals surface area contributed by atoms with Crippen molar-refractivity contribution in [2.24, 2.45) is 0 Å². The Hall–Kier alpha value is -1.60. The standard InChI is InChI=1S/C20H35N5O2/c1-4-5-6-18-21-13-17(23-18)14-24-11-12-27-20(15-24)7-9-25(10-8-20)19(26)22-16(2)3/h13,16H,4-12,14-15H2,1-3H3,(H,21,23)(H,22,26). The third kappa shape index (κ3) is 5.45. The Morgan fingerprint density at radius 3 is 2.85 bits per heavy atom. The molecule has 0 saturated carbocycles. The molecule has 2 aliphatic rings. The van der Waals surface area contributed by atoms with E-state index in [1.807, 2.05) is 24.9 Å². The summed E-state index contributed by atoms with van der Waals surface area (Å²) in [7, 11) is 0. The number of ether oxygens (including phenoxy) is 1. The topological polar surface area (TPSA) is 73.5 Å². The van der Waals surface area contributed by atoms with Gasteiger partial charge in [0, 0.05) is 57.1 Å². The predicted octanol–water partition coefficient (Wildman–Crippen LogP) is 2.54. The molecule has 1 aromatic rings. The summed E-state index contributed by atoms with van der Waals surface area (Å²) in [5.41, 5.74) is 1.07. The van der Waals surface area contributed by atoms with Crippen LogP contribution in [0.4, 0.5) is 4.79 Å². The van der Waals surface area contributed by atoms with Crippen molar-refractivity contribution < 1.29 is 9.53 Å². The van der Waals surface area contributed by atoms with E-state index in [2.05, 4.69) is 27.1 Å². The Labute approximate surface area is 162 Å².